The fourth-order valence-corrected chi connectivity index (χ4v) is 2.49. The molecule has 4 nitrogen and oxygen atoms in total. The number of carboxylic acids is 1. The van der Waals surface area contributed by atoms with Gasteiger partial charge in [-0.05, 0) is 13.3 Å². The maximum atomic E-state index is 12.8. The Balaban J connectivity index is 2.83. The Hall–Kier alpha value is -1.53. The SMILES string of the molecule is C=C(C)CC(C)C(=O)N1C[C@@H](C(F)(F)F)[C@H](C(=O)O)C1. The highest BCUT2D eigenvalue weighted by molar-refractivity contribution is 5.81. The van der Waals surface area contributed by atoms with E-state index in [4.69, 9.17) is 5.11 Å². The van der Waals surface area contributed by atoms with Crippen LogP contribution >= 0.6 is 0 Å². The van der Waals surface area contributed by atoms with E-state index in [9.17, 15) is 22.8 Å². The van der Waals surface area contributed by atoms with Gasteiger partial charge in [0, 0.05) is 19.0 Å². The van der Waals surface area contributed by atoms with E-state index in [1.807, 2.05) is 0 Å². The Morgan fingerprint density at radius 3 is 2.30 bits per heavy atom. The van der Waals surface area contributed by atoms with Crippen LogP contribution < -0.4 is 0 Å². The van der Waals surface area contributed by atoms with E-state index in [0.29, 0.717) is 6.42 Å². The van der Waals surface area contributed by atoms with Crippen molar-refractivity contribution in [2.24, 2.45) is 17.8 Å². The Morgan fingerprint density at radius 1 is 1.40 bits per heavy atom. The molecule has 0 spiro atoms. The van der Waals surface area contributed by atoms with Crippen molar-refractivity contribution in [3.63, 3.8) is 0 Å². The van der Waals surface area contributed by atoms with Gasteiger partial charge in [0.05, 0.1) is 11.8 Å². The number of likely N-dealkylation sites (tertiary alicyclic amines) is 1. The molecule has 1 aliphatic heterocycles. The second kappa shape index (κ2) is 5.85. The van der Waals surface area contributed by atoms with Gasteiger partial charge >= 0.3 is 12.1 Å². The summed E-state index contributed by atoms with van der Waals surface area (Å²) in [6.07, 6.45) is -4.24. The molecule has 0 aromatic heterocycles. The van der Waals surface area contributed by atoms with Crippen molar-refractivity contribution in [1.82, 2.24) is 4.90 Å². The number of aliphatic carboxylic acids is 1. The van der Waals surface area contributed by atoms with Crippen molar-refractivity contribution in [3.8, 4) is 0 Å². The predicted octanol–water partition coefficient (Wildman–Crippen LogP) is 2.31. The normalized spacial score (nSPS) is 24.6. The van der Waals surface area contributed by atoms with Gasteiger partial charge in [0.1, 0.15) is 0 Å². The number of hydrogen-bond acceptors (Lipinski definition) is 2. The van der Waals surface area contributed by atoms with E-state index < -0.39 is 48.9 Å². The van der Waals surface area contributed by atoms with Crippen LogP contribution in [-0.2, 0) is 9.59 Å². The van der Waals surface area contributed by atoms with Crippen LogP contribution in [0.5, 0.6) is 0 Å². The third kappa shape index (κ3) is 3.74. The summed E-state index contributed by atoms with van der Waals surface area (Å²) in [6.45, 7) is 6.02. The first-order valence-corrected chi connectivity index (χ1v) is 6.26. The van der Waals surface area contributed by atoms with Crippen LogP contribution in [0.2, 0.25) is 0 Å². The molecule has 114 valence electrons. The van der Waals surface area contributed by atoms with Crippen LogP contribution in [0, 0.1) is 17.8 Å². The number of alkyl halides is 3. The molecule has 7 heteroatoms. The Morgan fingerprint density at radius 2 is 1.95 bits per heavy atom. The minimum Gasteiger partial charge on any atom is -0.481 e. The van der Waals surface area contributed by atoms with Gasteiger partial charge in [-0.2, -0.15) is 13.2 Å². The van der Waals surface area contributed by atoms with E-state index in [0.717, 1.165) is 10.5 Å². The fraction of sp³-hybridized carbons (Fsp3) is 0.692. The van der Waals surface area contributed by atoms with Crippen LogP contribution in [0.4, 0.5) is 13.2 Å². The summed E-state index contributed by atoms with van der Waals surface area (Å²) in [6, 6.07) is 0. The maximum absolute atomic E-state index is 12.8. The molecule has 1 heterocycles. The Bertz CT molecular complexity index is 420. The van der Waals surface area contributed by atoms with Crippen molar-refractivity contribution < 1.29 is 27.9 Å². The summed E-state index contributed by atoms with van der Waals surface area (Å²) < 4.78 is 38.4. The molecule has 1 N–H and O–H groups in total. The van der Waals surface area contributed by atoms with Crippen molar-refractivity contribution in [2.75, 3.05) is 13.1 Å². The largest absolute Gasteiger partial charge is 0.481 e. The van der Waals surface area contributed by atoms with Crippen LogP contribution in [0.3, 0.4) is 0 Å². The molecule has 1 saturated heterocycles. The topological polar surface area (TPSA) is 57.6 Å². The molecule has 3 atom stereocenters. The van der Waals surface area contributed by atoms with Gasteiger partial charge in [-0.3, -0.25) is 9.59 Å². The summed E-state index contributed by atoms with van der Waals surface area (Å²) in [5.41, 5.74) is 0.757. The second-order valence-corrected chi connectivity index (χ2v) is 5.40. The quantitative estimate of drug-likeness (QED) is 0.809. The van der Waals surface area contributed by atoms with Gasteiger partial charge in [-0.25, -0.2) is 0 Å². The average Bonchev–Trinajstić information content (AvgIpc) is 2.71. The molecule has 1 aliphatic rings. The smallest absolute Gasteiger partial charge is 0.394 e. The second-order valence-electron chi connectivity index (χ2n) is 5.40. The molecule has 0 aromatic rings. The standard InChI is InChI=1S/C13H18F3NO3/c1-7(2)4-8(3)11(18)17-5-9(12(19)20)10(6-17)13(14,15)16/h8-10H,1,4-6H2,2-3H3,(H,19,20)/t8?,9-,10-/m1/s1. The Kier molecular flexibility index (Phi) is 4.83. The molecule has 0 aromatic carbocycles. The van der Waals surface area contributed by atoms with E-state index >= 15 is 0 Å². The molecule has 0 bridgehead atoms. The molecule has 0 aliphatic carbocycles. The number of nitrogens with zero attached hydrogens (tertiary/aromatic N) is 1. The van der Waals surface area contributed by atoms with Crippen LogP contribution in [-0.4, -0.2) is 41.1 Å². The van der Waals surface area contributed by atoms with Crippen LogP contribution in [0.15, 0.2) is 12.2 Å². The van der Waals surface area contributed by atoms with Gasteiger partial charge in [0.25, 0.3) is 0 Å². The third-order valence-electron chi connectivity index (χ3n) is 3.45. The third-order valence-corrected chi connectivity index (χ3v) is 3.45. The molecule has 1 rings (SSSR count). The predicted molar refractivity (Wildman–Crippen MR) is 65.8 cm³/mol. The lowest BCUT2D eigenvalue weighted by molar-refractivity contribution is -0.188. The highest BCUT2D eigenvalue weighted by atomic mass is 19.4. The summed E-state index contributed by atoms with van der Waals surface area (Å²) in [5, 5.41) is 8.88. The number of allylic oxidation sites excluding steroid dienone is 1. The minimum absolute atomic E-state index is 0.379. The first-order valence-electron chi connectivity index (χ1n) is 6.26. The van der Waals surface area contributed by atoms with Gasteiger partial charge in [-0.1, -0.05) is 12.5 Å². The molecule has 1 amide bonds. The van der Waals surface area contributed by atoms with E-state index in [2.05, 4.69) is 6.58 Å². The van der Waals surface area contributed by atoms with Gasteiger partial charge in [0.15, 0.2) is 0 Å². The molecule has 0 radical (unpaired) electrons. The monoisotopic (exact) mass is 293 g/mol. The molecular weight excluding hydrogens is 275 g/mol. The number of halogens is 3. The molecule has 1 unspecified atom stereocenters. The fourth-order valence-electron chi connectivity index (χ4n) is 2.49. The zero-order valence-corrected chi connectivity index (χ0v) is 11.4. The molecule has 0 saturated carbocycles. The summed E-state index contributed by atoms with van der Waals surface area (Å²) in [5.74, 6) is -6.05. The van der Waals surface area contributed by atoms with E-state index in [-0.39, 0.29) is 0 Å². The van der Waals surface area contributed by atoms with Crippen molar-refractivity contribution in [3.05, 3.63) is 12.2 Å². The number of amides is 1. The van der Waals surface area contributed by atoms with Gasteiger partial charge < -0.3 is 10.0 Å². The van der Waals surface area contributed by atoms with Gasteiger partial charge in [-0.15, -0.1) is 6.58 Å². The number of carbonyl (C=O) groups excluding carboxylic acids is 1. The lowest BCUT2D eigenvalue weighted by atomic mass is 9.96. The first-order chi connectivity index (χ1) is 9.04. The lowest BCUT2D eigenvalue weighted by Gasteiger charge is -2.21. The number of carboxylic acid groups (broad SMARTS) is 1. The van der Waals surface area contributed by atoms with Gasteiger partial charge in [0.2, 0.25) is 5.91 Å². The van der Waals surface area contributed by atoms with Crippen molar-refractivity contribution >= 4 is 11.9 Å². The van der Waals surface area contributed by atoms with Crippen LogP contribution in [0.1, 0.15) is 20.3 Å². The number of hydrogen-bond donors (Lipinski definition) is 1. The zero-order valence-electron chi connectivity index (χ0n) is 11.4. The van der Waals surface area contributed by atoms with Crippen LogP contribution in [0.25, 0.3) is 0 Å². The Labute approximate surface area is 115 Å². The zero-order chi connectivity index (χ0) is 15.7. The van der Waals surface area contributed by atoms with E-state index in [1.165, 1.54) is 0 Å². The number of rotatable bonds is 4. The minimum atomic E-state index is -4.62. The summed E-state index contributed by atoms with van der Waals surface area (Å²) >= 11 is 0. The highest BCUT2D eigenvalue weighted by Crippen LogP contribution is 2.38. The molecular formula is C13H18F3NO3. The first kappa shape index (κ1) is 16.5. The molecule has 20 heavy (non-hydrogen) atoms. The van der Waals surface area contributed by atoms with E-state index in [1.54, 1.807) is 13.8 Å². The lowest BCUT2D eigenvalue weighted by Crippen LogP contribution is -2.35. The average molecular weight is 293 g/mol. The molecule has 1 fully saturated rings. The van der Waals surface area contributed by atoms with Crippen molar-refractivity contribution in [2.45, 2.75) is 26.4 Å². The summed E-state index contributed by atoms with van der Waals surface area (Å²) in [7, 11) is 0. The van der Waals surface area contributed by atoms with Crippen molar-refractivity contribution in [1.29, 1.82) is 0 Å². The highest BCUT2D eigenvalue weighted by Gasteiger charge is 2.53. The maximum Gasteiger partial charge on any atom is 0.394 e. The number of carbonyl (C=O) groups is 2. The summed E-state index contributed by atoms with van der Waals surface area (Å²) in [4.78, 5) is 24.0.